The van der Waals surface area contributed by atoms with E-state index in [1.165, 1.54) is 0 Å². The third-order valence-corrected chi connectivity index (χ3v) is 6.48. The highest BCUT2D eigenvalue weighted by Crippen LogP contribution is 2.26. The largest absolute Gasteiger partial charge is 0.452 e. The summed E-state index contributed by atoms with van der Waals surface area (Å²) >= 11 is 0. The number of benzene rings is 3. The molecule has 0 unspecified atom stereocenters. The molecule has 2 amide bonds. The van der Waals surface area contributed by atoms with Crippen LogP contribution in [0, 0.1) is 0 Å². The normalized spacial score (nSPS) is 13.3. The molecule has 1 saturated carbocycles. The van der Waals surface area contributed by atoms with Crippen molar-refractivity contribution in [2.75, 3.05) is 11.9 Å². The first kappa shape index (κ1) is 24.2. The highest BCUT2D eigenvalue weighted by atomic mass is 16.5. The van der Waals surface area contributed by atoms with Crippen LogP contribution in [-0.4, -0.2) is 35.4 Å². The Kier molecular flexibility index (Phi) is 7.21. The van der Waals surface area contributed by atoms with Gasteiger partial charge < -0.3 is 15.4 Å². The fourth-order valence-corrected chi connectivity index (χ4v) is 4.63. The fraction of sp³-hybridized carbons (Fsp3) is 0.200. The number of ether oxygens (including phenoxy) is 1. The van der Waals surface area contributed by atoms with Gasteiger partial charge in [-0.25, -0.2) is 9.78 Å². The Labute approximate surface area is 214 Å². The monoisotopic (exact) mass is 493 g/mol. The summed E-state index contributed by atoms with van der Waals surface area (Å²) in [7, 11) is 0. The van der Waals surface area contributed by atoms with E-state index in [0.717, 1.165) is 31.2 Å². The third-order valence-electron chi connectivity index (χ3n) is 6.48. The third kappa shape index (κ3) is 5.67. The molecule has 2 N–H and O–H groups in total. The van der Waals surface area contributed by atoms with E-state index in [1.54, 1.807) is 30.3 Å². The van der Waals surface area contributed by atoms with Crippen molar-refractivity contribution in [3.05, 3.63) is 96.1 Å². The molecule has 37 heavy (non-hydrogen) atoms. The highest BCUT2D eigenvalue weighted by molar-refractivity contribution is 6.14. The second kappa shape index (κ2) is 11.0. The smallest absolute Gasteiger partial charge is 0.340 e. The zero-order valence-electron chi connectivity index (χ0n) is 20.3. The first-order valence-electron chi connectivity index (χ1n) is 12.4. The number of pyridine rings is 1. The summed E-state index contributed by atoms with van der Waals surface area (Å²) in [5.41, 5.74) is 3.16. The standard InChI is InChI=1S/C30H27N3O4/c34-28(31-21-12-4-5-13-21)19-37-30(36)23-15-7-9-17-26(23)33-29(35)24-18-27(20-10-2-1-3-11-20)32-25-16-8-6-14-22(24)25/h1-3,6-11,14-18,21H,4-5,12-13,19H2,(H,31,34)(H,33,35). The van der Waals surface area contributed by atoms with Crippen molar-refractivity contribution in [2.24, 2.45) is 0 Å². The van der Waals surface area contributed by atoms with Crippen molar-refractivity contribution >= 4 is 34.4 Å². The van der Waals surface area contributed by atoms with E-state index in [4.69, 9.17) is 9.72 Å². The van der Waals surface area contributed by atoms with Crippen molar-refractivity contribution in [1.82, 2.24) is 10.3 Å². The summed E-state index contributed by atoms with van der Waals surface area (Å²) in [5.74, 6) is -1.38. The molecule has 7 heteroatoms. The lowest BCUT2D eigenvalue weighted by atomic mass is 10.0. The predicted octanol–water partition coefficient (Wildman–Crippen LogP) is 5.37. The Hall–Kier alpha value is -4.52. The van der Waals surface area contributed by atoms with Crippen LogP contribution in [-0.2, 0) is 9.53 Å². The average Bonchev–Trinajstić information content (AvgIpc) is 3.45. The maximum atomic E-state index is 13.5. The number of nitrogens with zero attached hydrogens (tertiary/aromatic N) is 1. The molecule has 1 aliphatic carbocycles. The number of esters is 1. The van der Waals surface area contributed by atoms with Crippen molar-refractivity contribution in [3.63, 3.8) is 0 Å². The van der Waals surface area contributed by atoms with E-state index in [2.05, 4.69) is 10.6 Å². The molecule has 186 valence electrons. The van der Waals surface area contributed by atoms with Crippen molar-refractivity contribution in [1.29, 1.82) is 0 Å². The highest BCUT2D eigenvalue weighted by Gasteiger charge is 2.21. The SMILES string of the molecule is O=C(COC(=O)c1ccccc1NC(=O)c1cc(-c2ccccc2)nc2ccccc12)NC1CCCC1. The van der Waals surface area contributed by atoms with Crippen LogP contribution in [0.2, 0.25) is 0 Å². The number of para-hydroxylation sites is 2. The van der Waals surface area contributed by atoms with E-state index in [1.807, 2.05) is 54.6 Å². The first-order chi connectivity index (χ1) is 18.1. The first-order valence-corrected chi connectivity index (χ1v) is 12.4. The summed E-state index contributed by atoms with van der Waals surface area (Å²) in [5, 5.41) is 6.45. The number of carbonyl (C=O) groups excluding carboxylic acids is 3. The van der Waals surface area contributed by atoms with Gasteiger partial charge in [0.2, 0.25) is 0 Å². The van der Waals surface area contributed by atoms with Crippen LogP contribution in [0.1, 0.15) is 46.4 Å². The number of aromatic nitrogens is 1. The average molecular weight is 494 g/mol. The molecule has 0 bridgehead atoms. The second-order valence-electron chi connectivity index (χ2n) is 9.06. The van der Waals surface area contributed by atoms with Crippen LogP contribution in [0.4, 0.5) is 5.69 Å². The van der Waals surface area contributed by atoms with Crippen molar-refractivity contribution in [2.45, 2.75) is 31.7 Å². The molecule has 1 aliphatic rings. The number of rotatable bonds is 7. The number of nitrogens with one attached hydrogen (secondary N) is 2. The van der Waals surface area contributed by atoms with E-state index in [9.17, 15) is 14.4 Å². The van der Waals surface area contributed by atoms with Gasteiger partial charge in [-0.15, -0.1) is 0 Å². The maximum absolute atomic E-state index is 13.5. The minimum absolute atomic E-state index is 0.147. The molecule has 5 rings (SSSR count). The lowest BCUT2D eigenvalue weighted by Crippen LogP contribution is -2.36. The molecule has 0 spiro atoms. The van der Waals surface area contributed by atoms with Gasteiger partial charge >= 0.3 is 5.97 Å². The van der Waals surface area contributed by atoms with Crippen LogP contribution in [0.15, 0.2) is 84.9 Å². The Morgan fingerprint density at radius 3 is 2.35 bits per heavy atom. The van der Waals surface area contributed by atoms with E-state index >= 15 is 0 Å². The molecule has 1 fully saturated rings. The lowest BCUT2D eigenvalue weighted by molar-refractivity contribution is -0.124. The van der Waals surface area contributed by atoms with Gasteiger partial charge in [0.1, 0.15) is 0 Å². The molecule has 7 nitrogen and oxygen atoms in total. The minimum atomic E-state index is -0.679. The lowest BCUT2D eigenvalue weighted by Gasteiger charge is -2.14. The van der Waals surface area contributed by atoms with Crippen LogP contribution in [0.5, 0.6) is 0 Å². The Morgan fingerprint density at radius 1 is 0.838 bits per heavy atom. The summed E-state index contributed by atoms with van der Waals surface area (Å²) in [6, 6.07) is 25.6. The zero-order valence-corrected chi connectivity index (χ0v) is 20.3. The molecule has 3 aromatic carbocycles. The summed E-state index contributed by atoms with van der Waals surface area (Å²) in [6.07, 6.45) is 4.09. The van der Waals surface area contributed by atoms with Crippen LogP contribution >= 0.6 is 0 Å². The molecule has 1 aromatic heterocycles. The molecule has 0 saturated heterocycles. The van der Waals surface area contributed by atoms with Gasteiger partial charge in [0.05, 0.1) is 28.0 Å². The van der Waals surface area contributed by atoms with E-state index in [-0.39, 0.29) is 30.0 Å². The predicted molar refractivity (Wildman–Crippen MR) is 142 cm³/mol. The number of amides is 2. The van der Waals surface area contributed by atoms with Gasteiger partial charge in [0.15, 0.2) is 6.61 Å². The maximum Gasteiger partial charge on any atom is 0.340 e. The summed E-state index contributed by atoms with van der Waals surface area (Å²) in [6.45, 7) is -0.368. The second-order valence-corrected chi connectivity index (χ2v) is 9.06. The summed E-state index contributed by atoms with van der Waals surface area (Å²) < 4.78 is 5.26. The van der Waals surface area contributed by atoms with Gasteiger partial charge in [0, 0.05) is 17.0 Å². The van der Waals surface area contributed by atoms with Crippen LogP contribution in [0.3, 0.4) is 0 Å². The van der Waals surface area contributed by atoms with Crippen LogP contribution in [0.25, 0.3) is 22.2 Å². The number of carbonyl (C=O) groups is 3. The molecule has 0 radical (unpaired) electrons. The fourth-order valence-electron chi connectivity index (χ4n) is 4.63. The number of fused-ring (bicyclic) bond motifs is 1. The molecule has 0 aliphatic heterocycles. The Bertz CT molecular complexity index is 1450. The number of hydrogen-bond donors (Lipinski definition) is 2. The van der Waals surface area contributed by atoms with Crippen LogP contribution < -0.4 is 10.6 Å². The quantitative estimate of drug-likeness (QED) is 0.337. The molecular formula is C30H27N3O4. The molecule has 1 heterocycles. The summed E-state index contributed by atoms with van der Waals surface area (Å²) in [4.78, 5) is 43.2. The minimum Gasteiger partial charge on any atom is -0.452 e. The van der Waals surface area contributed by atoms with Gasteiger partial charge in [-0.05, 0) is 37.1 Å². The van der Waals surface area contributed by atoms with Gasteiger partial charge in [-0.1, -0.05) is 73.5 Å². The van der Waals surface area contributed by atoms with E-state index < -0.39 is 5.97 Å². The Balaban J connectivity index is 1.36. The molecule has 0 atom stereocenters. The Morgan fingerprint density at radius 2 is 1.54 bits per heavy atom. The molecule has 4 aromatic rings. The zero-order chi connectivity index (χ0) is 25.6. The topological polar surface area (TPSA) is 97.4 Å². The number of hydrogen-bond acceptors (Lipinski definition) is 5. The van der Waals surface area contributed by atoms with Crippen molar-refractivity contribution < 1.29 is 19.1 Å². The number of anilines is 1. The van der Waals surface area contributed by atoms with Gasteiger partial charge in [-0.3, -0.25) is 9.59 Å². The van der Waals surface area contributed by atoms with Gasteiger partial charge in [0.25, 0.3) is 11.8 Å². The molecular weight excluding hydrogens is 466 g/mol. The van der Waals surface area contributed by atoms with E-state index in [0.29, 0.717) is 27.8 Å². The van der Waals surface area contributed by atoms with Crippen molar-refractivity contribution in [3.8, 4) is 11.3 Å². The van der Waals surface area contributed by atoms with Gasteiger partial charge in [-0.2, -0.15) is 0 Å².